The molecule has 0 aliphatic carbocycles. The minimum Gasteiger partial charge on any atom is -0.481 e. The maximum Gasteiger partial charge on any atom is 0.311 e. The van der Waals surface area contributed by atoms with Crippen molar-refractivity contribution in [1.29, 1.82) is 0 Å². The largest absolute Gasteiger partial charge is 0.481 e. The molecule has 0 radical (unpaired) electrons. The molecule has 0 bridgehead atoms. The summed E-state index contributed by atoms with van der Waals surface area (Å²) in [5.41, 5.74) is -0.871. The second-order valence-electron chi connectivity index (χ2n) is 4.94. The third-order valence-corrected chi connectivity index (χ3v) is 3.58. The van der Waals surface area contributed by atoms with Crippen LogP contribution < -0.4 is 10.6 Å². The Hall–Kier alpha value is -1.10. The Balaban J connectivity index is 2.43. The summed E-state index contributed by atoms with van der Waals surface area (Å²) < 4.78 is 0. The van der Waals surface area contributed by atoms with Gasteiger partial charge in [-0.05, 0) is 32.7 Å². The minimum absolute atomic E-state index is 0.0781. The van der Waals surface area contributed by atoms with E-state index in [9.17, 15) is 9.59 Å². The zero-order valence-electron chi connectivity index (χ0n) is 10.6. The fraction of sp³-hybridized carbons (Fsp3) is 0.833. The highest BCUT2D eigenvalue weighted by atomic mass is 16.4. The normalized spacial score (nSPS) is 23.8. The van der Waals surface area contributed by atoms with Gasteiger partial charge < -0.3 is 15.7 Å². The van der Waals surface area contributed by atoms with E-state index < -0.39 is 11.4 Å². The fourth-order valence-electron chi connectivity index (χ4n) is 1.83. The van der Waals surface area contributed by atoms with E-state index in [1.165, 1.54) is 0 Å². The molecule has 0 spiro atoms. The van der Waals surface area contributed by atoms with E-state index in [-0.39, 0.29) is 18.5 Å². The summed E-state index contributed by atoms with van der Waals surface area (Å²) in [6, 6.07) is -0.154. The van der Waals surface area contributed by atoms with E-state index in [1.807, 2.05) is 6.92 Å². The number of piperidine rings is 1. The number of nitrogens with one attached hydrogen (secondary N) is 2. The van der Waals surface area contributed by atoms with E-state index in [1.54, 1.807) is 6.92 Å². The van der Waals surface area contributed by atoms with Crippen LogP contribution in [-0.4, -0.2) is 36.1 Å². The molecule has 1 rings (SSSR count). The Bertz CT molecular complexity index is 287. The summed E-state index contributed by atoms with van der Waals surface area (Å²) in [6.45, 7) is 4.53. The molecule has 1 fully saturated rings. The highest BCUT2D eigenvalue weighted by Gasteiger charge is 2.32. The van der Waals surface area contributed by atoms with Crippen LogP contribution in [0, 0.1) is 5.41 Å². The molecule has 1 amide bonds. The number of amides is 1. The Morgan fingerprint density at radius 3 is 2.65 bits per heavy atom. The number of carbonyl (C=O) groups is 2. The number of rotatable bonds is 5. The molecule has 0 aromatic heterocycles. The van der Waals surface area contributed by atoms with Crippen LogP contribution in [0.2, 0.25) is 0 Å². The van der Waals surface area contributed by atoms with Gasteiger partial charge in [0.25, 0.3) is 0 Å². The predicted molar refractivity (Wildman–Crippen MR) is 64.7 cm³/mol. The Labute approximate surface area is 102 Å². The molecule has 5 heteroatoms. The highest BCUT2D eigenvalue weighted by molar-refractivity contribution is 5.83. The molecular formula is C12H22N2O3. The van der Waals surface area contributed by atoms with Gasteiger partial charge in [-0.15, -0.1) is 0 Å². The highest BCUT2D eigenvalue weighted by Crippen LogP contribution is 2.20. The molecule has 17 heavy (non-hydrogen) atoms. The van der Waals surface area contributed by atoms with Gasteiger partial charge in [0.1, 0.15) is 0 Å². The van der Waals surface area contributed by atoms with Crippen molar-refractivity contribution in [2.75, 3.05) is 13.1 Å². The number of carbonyl (C=O) groups excluding carboxylic acids is 1. The Kier molecular flexibility index (Phi) is 4.93. The van der Waals surface area contributed by atoms with Crippen molar-refractivity contribution in [3.63, 3.8) is 0 Å². The molecule has 1 aliphatic heterocycles. The average Bonchev–Trinajstić information content (AvgIpc) is 2.36. The van der Waals surface area contributed by atoms with Crippen molar-refractivity contribution in [1.82, 2.24) is 10.6 Å². The van der Waals surface area contributed by atoms with Gasteiger partial charge in [-0.1, -0.05) is 13.3 Å². The van der Waals surface area contributed by atoms with Gasteiger partial charge in [0.15, 0.2) is 0 Å². The van der Waals surface area contributed by atoms with Gasteiger partial charge in [-0.25, -0.2) is 0 Å². The van der Waals surface area contributed by atoms with Crippen LogP contribution in [-0.2, 0) is 9.59 Å². The summed E-state index contributed by atoms with van der Waals surface area (Å²) in [6.07, 6.45) is 3.49. The fourth-order valence-corrected chi connectivity index (χ4v) is 1.83. The van der Waals surface area contributed by atoms with E-state index >= 15 is 0 Å². The molecule has 98 valence electrons. The lowest BCUT2D eigenvalue weighted by atomic mass is 9.87. The number of carboxylic acids is 1. The van der Waals surface area contributed by atoms with Gasteiger partial charge in [0.2, 0.25) is 5.91 Å². The van der Waals surface area contributed by atoms with Crippen molar-refractivity contribution in [2.45, 2.75) is 45.6 Å². The zero-order valence-corrected chi connectivity index (χ0v) is 10.6. The molecular weight excluding hydrogens is 220 g/mol. The predicted octanol–water partition coefficient (Wildman–Crippen LogP) is 0.746. The molecule has 5 nitrogen and oxygen atoms in total. The standard InChI is InChI=1S/C12H22N2O3/c1-3-12(2,11(16)17)8-14-10(15)9-6-4-5-7-13-9/h9,13H,3-8H2,1-2H3,(H,14,15)(H,16,17). The molecule has 3 N–H and O–H groups in total. The van der Waals surface area contributed by atoms with Gasteiger partial charge in [-0.3, -0.25) is 9.59 Å². The molecule has 0 saturated carbocycles. The van der Waals surface area contributed by atoms with Crippen LogP contribution >= 0.6 is 0 Å². The lowest BCUT2D eigenvalue weighted by molar-refractivity contribution is -0.148. The van der Waals surface area contributed by atoms with E-state index in [2.05, 4.69) is 10.6 Å². The van der Waals surface area contributed by atoms with E-state index in [4.69, 9.17) is 5.11 Å². The van der Waals surface area contributed by atoms with Gasteiger partial charge in [0.05, 0.1) is 11.5 Å². The van der Waals surface area contributed by atoms with Crippen LogP contribution in [0.5, 0.6) is 0 Å². The average molecular weight is 242 g/mol. The van der Waals surface area contributed by atoms with Crippen molar-refractivity contribution in [3.8, 4) is 0 Å². The van der Waals surface area contributed by atoms with Gasteiger partial charge >= 0.3 is 5.97 Å². The molecule has 1 aliphatic rings. The molecule has 1 saturated heterocycles. The van der Waals surface area contributed by atoms with Crippen LogP contribution in [0.15, 0.2) is 0 Å². The van der Waals surface area contributed by atoms with Crippen LogP contribution in [0.4, 0.5) is 0 Å². The van der Waals surface area contributed by atoms with Gasteiger partial charge in [0, 0.05) is 6.54 Å². The summed E-state index contributed by atoms with van der Waals surface area (Å²) in [7, 11) is 0. The van der Waals surface area contributed by atoms with Crippen molar-refractivity contribution in [3.05, 3.63) is 0 Å². The smallest absolute Gasteiger partial charge is 0.311 e. The Morgan fingerprint density at radius 2 is 2.18 bits per heavy atom. The third-order valence-electron chi connectivity index (χ3n) is 3.58. The molecule has 1 heterocycles. The first-order valence-corrected chi connectivity index (χ1v) is 6.24. The van der Waals surface area contributed by atoms with E-state index in [0.29, 0.717) is 6.42 Å². The van der Waals surface area contributed by atoms with Gasteiger partial charge in [-0.2, -0.15) is 0 Å². The van der Waals surface area contributed by atoms with Crippen molar-refractivity contribution in [2.24, 2.45) is 5.41 Å². The van der Waals surface area contributed by atoms with Crippen LogP contribution in [0.3, 0.4) is 0 Å². The van der Waals surface area contributed by atoms with Crippen molar-refractivity contribution >= 4 is 11.9 Å². The summed E-state index contributed by atoms with van der Waals surface area (Å²) >= 11 is 0. The lowest BCUT2D eigenvalue weighted by Gasteiger charge is -2.27. The second kappa shape index (κ2) is 6.00. The first-order valence-electron chi connectivity index (χ1n) is 6.24. The summed E-state index contributed by atoms with van der Waals surface area (Å²) in [4.78, 5) is 22.9. The van der Waals surface area contributed by atoms with E-state index in [0.717, 1.165) is 25.8 Å². The van der Waals surface area contributed by atoms with Crippen LogP contribution in [0.1, 0.15) is 39.5 Å². The van der Waals surface area contributed by atoms with Crippen LogP contribution in [0.25, 0.3) is 0 Å². The van der Waals surface area contributed by atoms with Crippen molar-refractivity contribution < 1.29 is 14.7 Å². The first kappa shape index (κ1) is 14.0. The maximum absolute atomic E-state index is 11.8. The molecule has 2 unspecified atom stereocenters. The number of aliphatic carboxylic acids is 1. The summed E-state index contributed by atoms with van der Waals surface area (Å²) in [5, 5.41) is 15.0. The maximum atomic E-state index is 11.8. The molecule has 2 atom stereocenters. The first-order chi connectivity index (χ1) is 7.99. The quantitative estimate of drug-likeness (QED) is 0.664. The number of carboxylic acid groups (broad SMARTS) is 1. The topological polar surface area (TPSA) is 78.4 Å². The summed E-state index contributed by atoms with van der Waals surface area (Å²) in [5.74, 6) is -0.942. The number of hydrogen-bond donors (Lipinski definition) is 3. The second-order valence-corrected chi connectivity index (χ2v) is 4.94. The Morgan fingerprint density at radius 1 is 1.47 bits per heavy atom. The lowest BCUT2D eigenvalue weighted by Crippen LogP contribution is -2.50. The number of hydrogen-bond acceptors (Lipinski definition) is 3. The minimum atomic E-state index is -0.871. The third kappa shape index (κ3) is 3.70. The monoisotopic (exact) mass is 242 g/mol. The zero-order chi connectivity index (χ0) is 12.9. The SMILES string of the molecule is CCC(C)(CNC(=O)C1CCCCN1)C(=O)O. The molecule has 0 aromatic carbocycles. The molecule has 0 aromatic rings.